The highest BCUT2D eigenvalue weighted by Crippen LogP contribution is 2.40. The van der Waals surface area contributed by atoms with Crippen molar-refractivity contribution in [3.05, 3.63) is 30.1 Å². The number of nitrogens with two attached hydrogens (primary N) is 1. The molecule has 0 amide bonds. The highest BCUT2D eigenvalue weighted by molar-refractivity contribution is 7.91. The second-order valence-electron chi connectivity index (χ2n) is 5.55. The lowest BCUT2D eigenvalue weighted by Crippen LogP contribution is -2.59. The summed E-state index contributed by atoms with van der Waals surface area (Å²) in [5, 5.41) is -0.477. The van der Waals surface area contributed by atoms with Crippen LogP contribution in [0.4, 0.5) is 10.1 Å². The van der Waals surface area contributed by atoms with E-state index in [1.807, 2.05) is 11.9 Å². The molecule has 0 spiro atoms. The molecule has 1 aliphatic carbocycles. The topological polar surface area (TPSA) is 63.4 Å². The van der Waals surface area contributed by atoms with Crippen LogP contribution in [0.2, 0.25) is 0 Å². The van der Waals surface area contributed by atoms with E-state index in [0.29, 0.717) is 6.42 Å². The number of likely N-dealkylation sites (N-methyl/N-ethyl adjacent to an activating group) is 1. The Morgan fingerprint density at radius 3 is 2.50 bits per heavy atom. The van der Waals surface area contributed by atoms with Crippen molar-refractivity contribution in [1.29, 1.82) is 0 Å². The molecule has 1 saturated carbocycles. The van der Waals surface area contributed by atoms with Gasteiger partial charge in [-0.05, 0) is 43.5 Å². The molecule has 2 unspecified atom stereocenters. The van der Waals surface area contributed by atoms with E-state index >= 15 is 0 Å². The van der Waals surface area contributed by atoms with Gasteiger partial charge in [-0.25, -0.2) is 12.8 Å². The van der Waals surface area contributed by atoms with Gasteiger partial charge in [0.2, 0.25) is 0 Å². The minimum atomic E-state index is -3.18. The Hall–Kier alpha value is -1.14. The first-order valence-corrected chi connectivity index (χ1v) is 8.65. The first kappa shape index (κ1) is 15.3. The molecule has 4 nitrogen and oxygen atoms in total. The number of nitrogens with zero attached hydrogens (tertiary/aromatic N) is 1. The number of hydrogen-bond donors (Lipinski definition) is 1. The van der Waals surface area contributed by atoms with Crippen LogP contribution in [0.25, 0.3) is 0 Å². The van der Waals surface area contributed by atoms with Crippen molar-refractivity contribution >= 4 is 15.5 Å². The summed E-state index contributed by atoms with van der Waals surface area (Å²) in [6.45, 7) is 0.263. The average Bonchev–Trinajstić information content (AvgIpc) is 2.84. The van der Waals surface area contributed by atoms with Crippen LogP contribution in [0, 0.1) is 5.82 Å². The van der Waals surface area contributed by atoms with Crippen molar-refractivity contribution in [3.8, 4) is 0 Å². The summed E-state index contributed by atoms with van der Waals surface area (Å²) in [4.78, 5) is 1.91. The lowest BCUT2D eigenvalue weighted by Gasteiger charge is -2.43. The Morgan fingerprint density at radius 2 is 2.00 bits per heavy atom. The summed E-state index contributed by atoms with van der Waals surface area (Å²) >= 11 is 0. The third-order valence-electron chi connectivity index (χ3n) is 4.43. The van der Waals surface area contributed by atoms with Gasteiger partial charge in [-0.2, -0.15) is 0 Å². The molecule has 2 rings (SSSR count). The number of rotatable bonds is 4. The molecule has 0 heterocycles. The van der Waals surface area contributed by atoms with Crippen molar-refractivity contribution in [2.75, 3.05) is 24.7 Å². The summed E-state index contributed by atoms with van der Waals surface area (Å²) < 4.78 is 37.1. The number of halogens is 1. The number of sulfone groups is 1. The number of benzene rings is 1. The van der Waals surface area contributed by atoms with Gasteiger partial charge in [0.1, 0.15) is 5.82 Å². The molecule has 0 saturated heterocycles. The van der Waals surface area contributed by atoms with Crippen LogP contribution >= 0.6 is 0 Å². The van der Waals surface area contributed by atoms with Crippen LogP contribution in [0.1, 0.15) is 19.3 Å². The van der Waals surface area contributed by atoms with Gasteiger partial charge in [-0.3, -0.25) is 0 Å². The predicted molar refractivity (Wildman–Crippen MR) is 79.1 cm³/mol. The molecule has 6 heteroatoms. The van der Waals surface area contributed by atoms with E-state index in [1.165, 1.54) is 18.4 Å². The monoisotopic (exact) mass is 300 g/mol. The lowest BCUT2D eigenvalue weighted by molar-refractivity contribution is 0.420. The average molecular weight is 300 g/mol. The van der Waals surface area contributed by atoms with E-state index < -0.39 is 20.6 Å². The zero-order chi connectivity index (χ0) is 15.0. The number of anilines is 1. The molecule has 0 bridgehead atoms. The van der Waals surface area contributed by atoms with Crippen molar-refractivity contribution in [2.45, 2.75) is 30.1 Å². The molecular weight excluding hydrogens is 279 g/mol. The Balaban J connectivity index is 2.42. The first-order valence-electron chi connectivity index (χ1n) is 6.69. The standard InChI is InChI=1S/C14H21FN2O2S/c1-17(12-7-5-11(15)6-8-12)14(10-16)9-3-4-13(14)20(2,18)19/h5-8,13H,3-4,9-10,16H2,1-2H3. The van der Waals surface area contributed by atoms with Crippen LogP contribution in [0.5, 0.6) is 0 Å². The van der Waals surface area contributed by atoms with Crippen LogP contribution in [0.3, 0.4) is 0 Å². The zero-order valence-electron chi connectivity index (χ0n) is 11.8. The Labute approximate surface area is 119 Å². The van der Waals surface area contributed by atoms with Gasteiger partial charge >= 0.3 is 0 Å². The van der Waals surface area contributed by atoms with E-state index in [1.54, 1.807) is 12.1 Å². The van der Waals surface area contributed by atoms with E-state index in [9.17, 15) is 12.8 Å². The quantitative estimate of drug-likeness (QED) is 0.916. The lowest BCUT2D eigenvalue weighted by atomic mass is 9.94. The molecule has 1 aromatic rings. The zero-order valence-corrected chi connectivity index (χ0v) is 12.7. The molecule has 1 aromatic carbocycles. The van der Waals surface area contributed by atoms with Crippen LogP contribution in [-0.2, 0) is 9.84 Å². The maximum Gasteiger partial charge on any atom is 0.152 e. The fraction of sp³-hybridized carbons (Fsp3) is 0.571. The normalized spacial score (nSPS) is 26.7. The van der Waals surface area contributed by atoms with E-state index in [-0.39, 0.29) is 12.4 Å². The van der Waals surface area contributed by atoms with Crippen molar-refractivity contribution in [2.24, 2.45) is 5.73 Å². The van der Waals surface area contributed by atoms with Gasteiger partial charge in [-0.1, -0.05) is 0 Å². The van der Waals surface area contributed by atoms with E-state index in [4.69, 9.17) is 5.73 Å². The van der Waals surface area contributed by atoms with Crippen LogP contribution in [0.15, 0.2) is 24.3 Å². The molecule has 20 heavy (non-hydrogen) atoms. The van der Waals surface area contributed by atoms with Crippen molar-refractivity contribution in [3.63, 3.8) is 0 Å². The summed E-state index contributed by atoms with van der Waals surface area (Å²) in [6, 6.07) is 6.07. The van der Waals surface area contributed by atoms with Gasteiger partial charge in [0.25, 0.3) is 0 Å². The molecule has 1 aliphatic rings. The fourth-order valence-electron chi connectivity index (χ4n) is 3.31. The minimum Gasteiger partial charge on any atom is -0.366 e. The third-order valence-corrected chi connectivity index (χ3v) is 6.14. The van der Waals surface area contributed by atoms with Gasteiger partial charge in [0.15, 0.2) is 9.84 Å². The summed E-state index contributed by atoms with van der Waals surface area (Å²) in [5.41, 5.74) is 6.12. The molecule has 112 valence electrons. The van der Waals surface area contributed by atoms with Crippen molar-refractivity contribution in [1.82, 2.24) is 0 Å². The Morgan fingerprint density at radius 1 is 1.40 bits per heavy atom. The maximum atomic E-state index is 13.0. The third kappa shape index (κ3) is 2.54. The largest absolute Gasteiger partial charge is 0.366 e. The highest BCUT2D eigenvalue weighted by atomic mass is 32.2. The Bertz CT molecular complexity index is 573. The number of hydrogen-bond acceptors (Lipinski definition) is 4. The molecule has 1 fully saturated rings. The first-order chi connectivity index (χ1) is 9.31. The summed E-state index contributed by atoms with van der Waals surface area (Å²) in [7, 11) is -1.34. The molecule has 0 radical (unpaired) electrons. The fourth-order valence-corrected chi connectivity index (χ4v) is 5.08. The molecule has 2 N–H and O–H groups in total. The summed E-state index contributed by atoms with van der Waals surface area (Å²) in [5.74, 6) is -0.310. The van der Waals surface area contributed by atoms with Gasteiger partial charge in [-0.15, -0.1) is 0 Å². The highest BCUT2D eigenvalue weighted by Gasteiger charge is 2.50. The SMILES string of the molecule is CN(c1ccc(F)cc1)C1(CN)CCCC1S(C)(=O)=O. The minimum absolute atomic E-state index is 0.263. The summed E-state index contributed by atoms with van der Waals surface area (Å²) in [6.07, 6.45) is 3.46. The van der Waals surface area contributed by atoms with Gasteiger partial charge in [0, 0.05) is 25.5 Å². The molecular formula is C14H21FN2O2S. The van der Waals surface area contributed by atoms with E-state index in [2.05, 4.69) is 0 Å². The second kappa shape index (κ2) is 5.33. The smallest absolute Gasteiger partial charge is 0.152 e. The van der Waals surface area contributed by atoms with Gasteiger partial charge < -0.3 is 10.6 Å². The molecule has 2 atom stereocenters. The maximum absolute atomic E-state index is 13.0. The predicted octanol–water partition coefficient (Wildman–Crippen LogP) is 1.56. The van der Waals surface area contributed by atoms with Crippen LogP contribution in [-0.4, -0.2) is 39.1 Å². The van der Waals surface area contributed by atoms with Crippen LogP contribution < -0.4 is 10.6 Å². The van der Waals surface area contributed by atoms with Crippen molar-refractivity contribution < 1.29 is 12.8 Å². The second-order valence-corrected chi connectivity index (χ2v) is 7.78. The molecule has 0 aliphatic heterocycles. The Kier molecular flexibility index (Phi) is 4.07. The van der Waals surface area contributed by atoms with Gasteiger partial charge in [0.05, 0.1) is 10.8 Å². The molecule has 0 aromatic heterocycles. The van der Waals surface area contributed by atoms with E-state index in [0.717, 1.165) is 18.5 Å².